The van der Waals surface area contributed by atoms with Crippen LogP contribution in [-0.2, 0) is 17.8 Å². The molecule has 0 fully saturated rings. The average Bonchev–Trinajstić information content (AvgIpc) is 2.70. The Morgan fingerprint density at radius 2 is 1.15 bits per heavy atom. The zero-order chi connectivity index (χ0) is 18.0. The maximum absolute atomic E-state index is 12.1. The zero-order valence-electron chi connectivity index (χ0n) is 14.8. The Hall–Kier alpha value is -2.91. The van der Waals surface area contributed by atoms with E-state index in [0.717, 1.165) is 13.1 Å². The second kappa shape index (κ2) is 9.54. The summed E-state index contributed by atoms with van der Waals surface area (Å²) in [4.78, 5) is 14.4. The number of carbonyl (C=O) groups is 1. The molecule has 0 atom stereocenters. The van der Waals surface area contributed by atoms with Gasteiger partial charge in [-0.05, 0) is 23.3 Å². The van der Waals surface area contributed by atoms with Crippen molar-refractivity contribution in [3.05, 3.63) is 108 Å². The highest BCUT2D eigenvalue weighted by Gasteiger charge is 2.10. The van der Waals surface area contributed by atoms with E-state index in [9.17, 15) is 4.79 Å². The van der Waals surface area contributed by atoms with Crippen molar-refractivity contribution in [1.82, 2.24) is 4.90 Å². The van der Waals surface area contributed by atoms with Crippen LogP contribution in [0.3, 0.4) is 0 Å². The van der Waals surface area contributed by atoms with E-state index in [4.69, 9.17) is 4.74 Å². The molecule has 0 saturated heterocycles. The molecule has 3 rings (SSSR count). The molecule has 0 aliphatic heterocycles. The van der Waals surface area contributed by atoms with Gasteiger partial charge in [-0.2, -0.15) is 0 Å². The summed E-state index contributed by atoms with van der Waals surface area (Å²) in [6, 6.07) is 29.8. The van der Waals surface area contributed by atoms with Gasteiger partial charge in [-0.15, -0.1) is 0 Å². The largest absolute Gasteiger partial charge is 0.461 e. The first kappa shape index (κ1) is 17.9. The fourth-order valence-corrected chi connectivity index (χ4v) is 2.82. The summed E-state index contributed by atoms with van der Waals surface area (Å²) in [5.41, 5.74) is 3.08. The van der Waals surface area contributed by atoms with E-state index in [1.54, 1.807) is 12.1 Å². The van der Waals surface area contributed by atoms with Crippen molar-refractivity contribution < 1.29 is 9.53 Å². The Bertz CT molecular complexity index is 747. The van der Waals surface area contributed by atoms with Crippen LogP contribution in [0.1, 0.15) is 21.5 Å². The number of hydrogen-bond acceptors (Lipinski definition) is 3. The monoisotopic (exact) mass is 345 g/mol. The number of esters is 1. The van der Waals surface area contributed by atoms with Gasteiger partial charge in [-0.25, -0.2) is 4.79 Å². The lowest BCUT2D eigenvalue weighted by molar-refractivity contribution is 0.0453. The quantitative estimate of drug-likeness (QED) is 0.561. The molecule has 0 radical (unpaired) electrons. The summed E-state index contributed by atoms with van der Waals surface area (Å²) < 4.78 is 5.45. The molecule has 0 aliphatic rings. The van der Waals surface area contributed by atoms with E-state index < -0.39 is 0 Å². The number of benzene rings is 3. The second-order valence-electron chi connectivity index (χ2n) is 6.18. The molecule has 0 spiro atoms. The van der Waals surface area contributed by atoms with Crippen LogP contribution in [-0.4, -0.2) is 24.0 Å². The molecule has 0 aliphatic carbocycles. The number of carbonyl (C=O) groups excluding carboxylic acids is 1. The van der Waals surface area contributed by atoms with E-state index in [0.29, 0.717) is 18.7 Å². The maximum atomic E-state index is 12.1. The van der Waals surface area contributed by atoms with Crippen molar-refractivity contribution in [2.75, 3.05) is 13.2 Å². The molecule has 0 amide bonds. The van der Waals surface area contributed by atoms with Crippen LogP contribution in [0.15, 0.2) is 91.0 Å². The van der Waals surface area contributed by atoms with Crippen molar-refractivity contribution in [2.24, 2.45) is 0 Å². The van der Waals surface area contributed by atoms with Gasteiger partial charge >= 0.3 is 5.97 Å². The van der Waals surface area contributed by atoms with Gasteiger partial charge < -0.3 is 4.74 Å². The first-order valence-electron chi connectivity index (χ1n) is 8.83. The Morgan fingerprint density at radius 3 is 1.65 bits per heavy atom. The number of nitrogens with zero attached hydrogens (tertiary/aromatic N) is 1. The third kappa shape index (κ3) is 5.57. The third-order valence-electron chi connectivity index (χ3n) is 4.15. The predicted molar refractivity (Wildman–Crippen MR) is 104 cm³/mol. The lowest BCUT2D eigenvalue weighted by Gasteiger charge is -2.22. The average molecular weight is 345 g/mol. The van der Waals surface area contributed by atoms with Crippen LogP contribution in [0, 0.1) is 0 Å². The van der Waals surface area contributed by atoms with E-state index in [1.807, 2.05) is 54.6 Å². The highest BCUT2D eigenvalue weighted by molar-refractivity contribution is 5.89. The summed E-state index contributed by atoms with van der Waals surface area (Å²) >= 11 is 0. The molecule has 132 valence electrons. The minimum atomic E-state index is -0.273. The van der Waals surface area contributed by atoms with Crippen LogP contribution >= 0.6 is 0 Å². The van der Waals surface area contributed by atoms with Gasteiger partial charge in [0.05, 0.1) is 5.56 Å². The smallest absolute Gasteiger partial charge is 0.338 e. The first-order chi connectivity index (χ1) is 12.8. The SMILES string of the molecule is O=C(OCCN(Cc1ccccc1)Cc1ccccc1)c1ccccc1. The van der Waals surface area contributed by atoms with Crippen LogP contribution in [0.25, 0.3) is 0 Å². The first-order valence-corrected chi connectivity index (χ1v) is 8.83. The zero-order valence-corrected chi connectivity index (χ0v) is 14.8. The Balaban J connectivity index is 1.59. The third-order valence-corrected chi connectivity index (χ3v) is 4.15. The molecule has 0 aromatic heterocycles. The van der Waals surface area contributed by atoms with Crippen molar-refractivity contribution >= 4 is 5.97 Å². The van der Waals surface area contributed by atoms with Crippen molar-refractivity contribution in [1.29, 1.82) is 0 Å². The standard InChI is InChI=1S/C23H23NO2/c25-23(22-14-8-3-9-15-22)26-17-16-24(18-20-10-4-1-5-11-20)19-21-12-6-2-7-13-21/h1-15H,16-19H2. The van der Waals surface area contributed by atoms with Crippen LogP contribution in [0.2, 0.25) is 0 Å². The second-order valence-corrected chi connectivity index (χ2v) is 6.18. The van der Waals surface area contributed by atoms with Crippen molar-refractivity contribution in [3.8, 4) is 0 Å². The molecule has 0 unspecified atom stereocenters. The maximum Gasteiger partial charge on any atom is 0.338 e. The van der Waals surface area contributed by atoms with Gasteiger partial charge in [0.25, 0.3) is 0 Å². The van der Waals surface area contributed by atoms with E-state index in [2.05, 4.69) is 29.2 Å². The summed E-state index contributed by atoms with van der Waals surface area (Å²) in [6.45, 7) is 2.69. The van der Waals surface area contributed by atoms with E-state index in [-0.39, 0.29) is 5.97 Å². The Kier molecular flexibility index (Phi) is 6.57. The molecular weight excluding hydrogens is 322 g/mol. The molecule has 0 N–H and O–H groups in total. The number of hydrogen-bond donors (Lipinski definition) is 0. The van der Waals surface area contributed by atoms with Gasteiger partial charge in [0.2, 0.25) is 0 Å². The van der Waals surface area contributed by atoms with Gasteiger partial charge in [-0.3, -0.25) is 4.90 Å². The summed E-state index contributed by atoms with van der Waals surface area (Å²) in [5, 5.41) is 0. The van der Waals surface area contributed by atoms with Crippen LogP contribution in [0.5, 0.6) is 0 Å². The fourth-order valence-electron chi connectivity index (χ4n) is 2.82. The minimum absolute atomic E-state index is 0.273. The molecule has 3 heteroatoms. The molecule has 26 heavy (non-hydrogen) atoms. The topological polar surface area (TPSA) is 29.5 Å². The van der Waals surface area contributed by atoms with Crippen molar-refractivity contribution in [3.63, 3.8) is 0 Å². The number of rotatable bonds is 8. The summed E-state index contributed by atoms with van der Waals surface area (Å²) in [6.07, 6.45) is 0. The molecular formula is C23H23NO2. The summed E-state index contributed by atoms with van der Waals surface area (Å²) in [5.74, 6) is -0.273. The van der Waals surface area contributed by atoms with Gasteiger partial charge in [0.15, 0.2) is 0 Å². The Labute approximate surface area is 154 Å². The molecule has 3 nitrogen and oxygen atoms in total. The molecule has 3 aromatic rings. The van der Waals surface area contributed by atoms with Crippen LogP contribution in [0.4, 0.5) is 0 Å². The molecule has 3 aromatic carbocycles. The molecule has 0 saturated carbocycles. The summed E-state index contributed by atoms with van der Waals surface area (Å²) in [7, 11) is 0. The van der Waals surface area contributed by atoms with E-state index in [1.165, 1.54) is 11.1 Å². The lowest BCUT2D eigenvalue weighted by Crippen LogP contribution is -2.27. The van der Waals surface area contributed by atoms with E-state index >= 15 is 0 Å². The van der Waals surface area contributed by atoms with Gasteiger partial charge in [-0.1, -0.05) is 78.9 Å². The Morgan fingerprint density at radius 1 is 0.692 bits per heavy atom. The van der Waals surface area contributed by atoms with Crippen molar-refractivity contribution in [2.45, 2.75) is 13.1 Å². The normalized spacial score (nSPS) is 10.7. The highest BCUT2D eigenvalue weighted by Crippen LogP contribution is 2.10. The highest BCUT2D eigenvalue weighted by atomic mass is 16.5. The predicted octanol–water partition coefficient (Wildman–Crippen LogP) is 4.55. The molecule has 0 heterocycles. The van der Waals surface area contributed by atoms with Crippen LogP contribution < -0.4 is 0 Å². The van der Waals surface area contributed by atoms with Gasteiger partial charge in [0, 0.05) is 19.6 Å². The fraction of sp³-hybridized carbons (Fsp3) is 0.174. The van der Waals surface area contributed by atoms with Gasteiger partial charge in [0.1, 0.15) is 6.61 Å². The lowest BCUT2D eigenvalue weighted by atomic mass is 10.1. The molecule has 0 bridgehead atoms. The minimum Gasteiger partial charge on any atom is -0.461 e. The number of ether oxygens (including phenoxy) is 1.